The van der Waals surface area contributed by atoms with Gasteiger partial charge in [0, 0.05) is 0 Å². The molecule has 11 nitrogen and oxygen atoms in total. The minimum atomic E-state index is -1.61. The largest absolute Gasteiger partial charge is 0.451 e. The standard InChI is InChI=1S/C32H28ClN5O6/c1-32(44-29(40)22-15-9-4-10-16-22)25(43-28(39)21-13-7-3-8-14-21)23(18-41-17-20-11-5-2-6-12-20)42-30(32)38-19-35-24-26(33)36-31(34)37-27(24)38/h2-16,19,23,25,30H,17-18H2,1H3,(H2,34,36,37)/t23-,25-,30?,32-/m1/s1. The second-order valence-corrected chi connectivity index (χ2v) is 10.7. The number of imidazole rings is 1. The van der Waals surface area contributed by atoms with E-state index in [1.807, 2.05) is 30.3 Å². The van der Waals surface area contributed by atoms with E-state index in [1.54, 1.807) is 67.6 Å². The summed E-state index contributed by atoms with van der Waals surface area (Å²) in [7, 11) is 0. The van der Waals surface area contributed by atoms with Crippen LogP contribution < -0.4 is 5.73 Å². The molecule has 3 heterocycles. The molecule has 0 aliphatic carbocycles. The second-order valence-electron chi connectivity index (χ2n) is 10.4. The van der Waals surface area contributed by atoms with E-state index >= 15 is 0 Å². The number of nitrogen functional groups attached to an aromatic ring is 1. The highest BCUT2D eigenvalue weighted by Crippen LogP contribution is 2.45. The monoisotopic (exact) mass is 613 g/mol. The third-order valence-corrected chi connectivity index (χ3v) is 7.57. The van der Waals surface area contributed by atoms with Gasteiger partial charge >= 0.3 is 11.9 Å². The molecule has 0 saturated carbocycles. The Bertz CT molecular complexity index is 1770. The average Bonchev–Trinajstić information content (AvgIpc) is 3.57. The Hall–Kier alpha value is -4.84. The minimum Gasteiger partial charge on any atom is -0.451 e. The van der Waals surface area contributed by atoms with Crippen molar-refractivity contribution in [3.05, 3.63) is 119 Å². The van der Waals surface area contributed by atoms with Gasteiger partial charge in [0.05, 0.1) is 30.7 Å². The third-order valence-electron chi connectivity index (χ3n) is 7.30. The number of aromatic nitrogens is 4. The van der Waals surface area contributed by atoms with Gasteiger partial charge in [0.15, 0.2) is 28.7 Å². The molecule has 1 aliphatic heterocycles. The van der Waals surface area contributed by atoms with Crippen LogP contribution in [0.2, 0.25) is 5.15 Å². The maximum atomic E-state index is 13.6. The molecule has 44 heavy (non-hydrogen) atoms. The van der Waals surface area contributed by atoms with Crippen molar-refractivity contribution in [2.75, 3.05) is 12.3 Å². The zero-order chi connectivity index (χ0) is 30.7. The fraction of sp³-hybridized carbons (Fsp3) is 0.219. The van der Waals surface area contributed by atoms with Gasteiger partial charge in [-0.1, -0.05) is 78.3 Å². The highest BCUT2D eigenvalue weighted by Gasteiger charge is 2.60. The van der Waals surface area contributed by atoms with Crippen LogP contribution in [0, 0.1) is 0 Å². The summed E-state index contributed by atoms with van der Waals surface area (Å²) in [5, 5.41) is 0.0435. The summed E-state index contributed by atoms with van der Waals surface area (Å²) in [6, 6.07) is 26.6. The van der Waals surface area contributed by atoms with Gasteiger partial charge in [-0.3, -0.25) is 4.57 Å². The van der Waals surface area contributed by atoms with Crippen molar-refractivity contribution in [2.45, 2.75) is 37.6 Å². The number of nitrogens with zero attached hydrogens (tertiary/aromatic N) is 4. The molecule has 3 aromatic carbocycles. The molecule has 1 fully saturated rings. The smallest absolute Gasteiger partial charge is 0.338 e. The molecule has 6 rings (SSSR count). The Morgan fingerprint density at radius 1 is 0.932 bits per heavy atom. The molecule has 0 radical (unpaired) electrons. The summed E-state index contributed by atoms with van der Waals surface area (Å²) in [5.41, 5.74) is 6.38. The van der Waals surface area contributed by atoms with E-state index in [2.05, 4.69) is 15.0 Å². The van der Waals surface area contributed by atoms with Crippen LogP contribution in [0.3, 0.4) is 0 Å². The van der Waals surface area contributed by atoms with Crippen molar-refractivity contribution in [3.63, 3.8) is 0 Å². The maximum Gasteiger partial charge on any atom is 0.338 e. The average molecular weight is 614 g/mol. The molecule has 2 N–H and O–H groups in total. The quantitative estimate of drug-likeness (QED) is 0.178. The van der Waals surface area contributed by atoms with Crippen LogP contribution in [-0.4, -0.2) is 55.9 Å². The SMILES string of the molecule is C[C@]1(OC(=O)c2ccccc2)C(n2cnc3c(Cl)nc(N)nc32)O[C@H](COCc2ccccc2)[C@H]1OC(=O)c1ccccc1. The van der Waals surface area contributed by atoms with Crippen molar-refractivity contribution >= 4 is 40.7 Å². The number of ether oxygens (including phenoxy) is 4. The Balaban J connectivity index is 1.41. The first-order valence-corrected chi connectivity index (χ1v) is 14.2. The third kappa shape index (κ3) is 5.85. The number of carbonyl (C=O) groups is 2. The van der Waals surface area contributed by atoms with Crippen molar-refractivity contribution in [2.24, 2.45) is 0 Å². The molecule has 224 valence electrons. The summed E-state index contributed by atoms with van der Waals surface area (Å²) in [6.45, 7) is 1.91. The number of fused-ring (bicyclic) bond motifs is 1. The van der Waals surface area contributed by atoms with E-state index in [-0.39, 0.29) is 35.5 Å². The molecule has 1 saturated heterocycles. The molecule has 5 aromatic rings. The number of benzene rings is 3. The maximum absolute atomic E-state index is 13.6. The van der Waals surface area contributed by atoms with Gasteiger partial charge < -0.3 is 24.7 Å². The van der Waals surface area contributed by atoms with Gasteiger partial charge in [0.1, 0.15) is 11.6 Å². The molecule has 0 spiro atoms. The number of halogens is 1. The molecular weight excluding hydrogens is 586 g/mol. The summed E-state index contributed by atoms with van der Waals surface area (Å²) in [6.07, 6.45) is -1.66. The van der Waals surface area contributed by atoms with Crippen LogP contribution in [-0.2, 0) is 25.6 Å². The van der Waals surface area contributed by atoms with Crippen molar-refractivity contribution in [1.29, 1.82) is 0 Å². The van der Waals surface area contributed by atoms with Crippen LogP contribution in [0.15, 0.2) is 97.3 Å². The van der Waals surface area contributed by atoms with Gasteiger partial charge in [0.2, 0.25) is 5.95 Å². The number of nitrogens with two attached hydrogens (primary N) is 1. The number of anilines is 1. The fourth-order valence-electron chi connectivity index (χ4n) is 5.18. The molecule has 2 aromatic heterocycles. The predicted molar refractivity (Wildman–Crippen MR) is 161 cm³/mol. The van der Waals surface area contributed by atoms with E-state index in [0.29, 0.717) is 11.1 Å². The molecular formula is C32H28ClN5O6. The Morgan fingerprint density at radius 3 is 2.20 bits per heavy atom. The molecule has 0 bridgehead atoms. The summed E-state index contributed by atoms with van der Waals surface area (Å²) >= 11 is 6.32. The first kappa shape index (κ1) is 29.2. The lowest BCUT2D eigenvalue weighted by molar-refractivity contribution is -0.109. The van der Waals surface area contributed by atoms with Crippen molar-refractivity contribution < 1.29 is 28.5 Å². The zero-order valence-corrected chi connectivity index (χ0v) is 24.3. The van der Waals surface area contributed by atoms with Gasteiger partial charge in [-0.25, -0.2) is 14.6 Å². The zero-order valence-electron chi connectivity index (χ0n) is 23.6. The van der Waals surface area contributed by atoms with E-state index in [1.165, 1.54) is 10.9 Å². The summed E-state index contributed by atoms with van der Waals surface area (Å²) in [4.78, 5) is 39.7. The van der Waals surface area contributed by atoms with Crippen LogP contribution in [0.1, 0.15) is 39.4 Å². The van der Waals surface area contributed by atoms with Crippen molar-refractivity contribution in [1.82, 2.24) is 19.5 Å². The molecule has 12 heteroatoms. The number of esters is 2. The lowest BCUT2D eigenvalue weighted by Crippen LogP contribution is -2.50. The van der Waals surface area contributed by atoms with Gasteiger partial charge in [-0.2, -0.15) is 9.97 Å². The topological polar surface area (TPSA) is 141 Å². The first-order valence-electron chi connectivity index (χ1n) is 13.8. The van der Waals surface area contributed by atoms with Crippen molar-refractivity contribution in [3.8, 4) is 0 Å². The lowest BCUT2D eigenvalue weighted by Gasteiger charge is -2.34. The van der Waals surface area contributed by atoms with Crippen LogP contribution in [0.5, 0.6) is 0 Å². The Kier molecular flexibility index (Phi) is 8.25. The van der Waals surface area contributed by atoms with E-state index in [9.17, 15) is 9.59 Å². The Labute approximate surface area is 257 Å². The normalized spacial score (nSPS) is 21.3. The number of rotatable bonds is 9. The molecule has 4 atom stereocenters. The van der Waals surface area contributed by atoms with Gasteiger partial charge in [-0.15, -0.1) is 0 Å². The highest BCUT2D eigenvalue weighted by atomic mass is 35.5. The molecule has 1 unspecified atom stereocenters. The summed E-state index contributed by atoms with van der Waals surface area (Å²) < 4.78 is 26.5. The van der Waals surface area contributed by atoms with Crippen LogP contribution in [0.4, 0.5) is 5.95 Å². The van der Waals surface area contributed by atoms with E-state index < -0.39 is 36.0 Å². The second kappa shape index (κ2) is 12.4. The number of hydrogen-bond acceptors (Lipinski definition) is 10. The number of carbonyl (C=O) groups excluding carboxylic acids is 2. The minimum absolute atomic E-state index is 0.00111. The van der Waals surface area contributed by atoms with Gasteiger partial charge in [-0.05, 0) is 36.8 Å². The lowest BCUT2D eigenvalue weighted by atomic mass is 9.95. The number of hydrogen-bond donors (Lipinski definition) is 1. The predicted octanol–water partition coefficient (Wildman–Crippen LogP) is 5.02. The highest BCUT2D eigenvalue weighted by molar-refractivity contribution is 6.33. The van der Waals surface area contributed by atoms with Crippen LogP contribution in [0.25, 0.3) is 11.2 Å². The van der Waals surface area contributed by atoms with E-state index in [4.69, 9.17) is 36.3 Å². The first-order chi connectivity index (χ1) is 21.3. The van der Waals surface area contributed by atoms with E-state index in [0.717, 1.165) is 5.56 Å². The van der Waals surface area contributed by atoms with Crippen LogP contribution >= 0.6 is 11.6 Å². The molecule has 1 aliphatic rings. The Morgan fingerprint density at radius 2 is 1.55 bits per heavy atom. The summed E-state index contributed by atoms with van der Waals surface area (Å²) in [5.74, 6) is -1.36. The van der Waals surface area contributed by atoms with Gasteiger partial charge in [0.25, 0.3) is 0 Å². The molecule has 0 amide bonds. The fourth-order valence-corrected chi connectivity index (χ4v) is 5.40.